The van der Waals surface area contributed by atoms with Crippen LogP contribution in [0.15, 0.2) is 102 Å². The Morgan fingerprint density at radius 2 is 1.36 bits per heavy atom. The van der Waals surface area contributed by atoms with Gasteiger partial charge in [-0.3, -0.25) is 13.9 Å². The van der Waals surface area contributed by atoms with Crippen molar-refractivity contribution < 1.29 is 18.0 Å². The predicted octanol–water partition coefficient (Wildman–Crippen LogP) is 7.27. The second-order valence-corrected chi connectivity index (χ2v) is 13.3. The highest BCUT2D eigenvalue weighted by Gasteiger charge is 2.35. The second kappa shape index (κ2) is 15.1. The topological polar surface area (TPSA) is 86.8 Å². The van der Waals surface area contributed by atoms with E-state index in [1.54, 1.807) is 43.3 Å². The number of hydrogen-bond acceptors (Lipinski definition) is 4. The van der Waals surface area contributed by atoms with Crippen molar-refractivity contribution in [2.24, 2.45) is 0 Å². The molecule has 0 saturated heterocycles. The monoisotopic (exact) mass is 691 g/mol. The van der Waals surface area contributed by atoms with E-state index in [0.29, 0.717) is 22.2 Å². The van der Waals surface area contributed by atoms with E-state index in [9.17, 15) is 18.0 Å². The molecule has 0 fully saturated rings. The highest BCUT2D eigenvalue weighted by Crippen LogP contribution is 2.31. The number of likely N-dealkylation sites (N-methyl/N-ethyl adjacent to an activating group) is 1. The summed E-state index contributed by atoms with van der Waals surface area (Å²) in [5, 5.41) is 3.75. The van der Waals surface area contributed by atoms with Gasteiger partial charge in [-0.1, -0.05) is 101 Å². The Kier molecular flexibility index (Phi) is 11.6. The zero-order valence-corrected chi connectivity index (χ0v) is 27.4. The van der Waals surface area contributed by atoms with Gasteiger partial charge in [0.1, 0.15) is 12.6 Å². The Labute approximate surface area is 277 Å². The van der Waals surface area contributed by atoms with Gasteiger partial charge in [-0.2, -0.15) is 0 Å². The molecule has 0 aliphatic rings. The van der Waals surface area contributed by atoms with Gasteiger partial charge in [-0.05, 0) is 55.0 Å². The summed E-state index contributed by atoms with van der Waals surface area (Å²) >= 11 is 25.6. The van der Waals surface area contributed by atoms with Gasteiger partial charge in [0.2, 0.25) is 11.8 Å². The van der Waals surface area contributed by atoms with E-state index >= 15 is 0 Å². The maximum absolute atomic E-state index is 14.4. The lowest BCUT2D eigenvalue weighted by molar-refractivity contribution is -0.140. The molecule has 0 aliphatic carbocycles. The molecule has 0 aromatic heterocycles. The van der Waals surface area contributed by atoms with Crippen LogP contribution in [0.3, 0.4) is 0 Å². The van der Waals surface area contributed by atoms with Crippen molar-refractivity contribution in [3.63, 3.8) is 0 Å². The maximum atomic E-state index is 14.4. The summed E-state index contributed by atoms with van der Waals surface area (Å²) in [5.74, 6) is -1.10. The molecule has 230 valence electrons. The zero-order chi connectivity index (χ0) is 31.9. The first-order chi connectivity index (χ1) is 21.0. The first-order valence-electron chi connectivity index (χ1n) is 13.6. The van der Waals surface area contributed by atoms with Gasteiger partial charge in [0, 0.05) is 45.2 Å². The van der Waals surface area contributed by atoms with Crippen molar-refractivity contribution in [2.75, 3.05) is 17.4 Å². The normalized spacial score (nSPS) is 11.9. The molecule has 44 heavy (non-hydrogen) atoms. The summed E-state index contributed by atoms with van der Waals surface area (Å²) < 4.78 is 29.0. The molecular formula is C32H29Cl4N3O4S. The number of nitrogens with one attached hydrogen (secondary N) is 1. The molecular weight excluding hydrogens is 664 g/mol. The number of hydrogen-bond donors (Lipinski definition) is 1. The van der Waals surface area contributed by atoms with Crippen molar-refractivity contribution in [3.05, 3.63) is 128 Å². The molecule has 12 heteroatoms. The number of halogens is 4. The maximum Gasteiger partial charge on any atom is 0.264 e. The van der Waals surface area contributed by atoms with Crippen molar-refractivity contribution in [2.45, 2.75) is 30.8 Å². The molecule has 1 N–H and O–H groups in total. The van der Waals surface area contributed by atoms with Crippen LogP contribution in [0.2, 0.25) is 20.1 Å². The van der Waals surface area contributed by atoms with E-state index in [2.05, 4.69) is 5.32 Å². The van der Waals surface area contributed by atoms with Crippen LogP contribution in [0, 0.1) is 0 Å². The van der Waals surface area contributed by atoms with Crippen molar-refractivity contribution in [1.29, 1.82) is 0 Å². The average Bonchev–Trinajstić information content (AvgIpc) is 2.99. The molecule has 4 aromatic rings. The molecule has 0 aliphatic heterocycles. The van der Waals surface area contributed by atoms with Gasteiger partial charge >= 0.3 is 0 Å². The number of benzene rings is 4. The number of nitrogens with zero attached hydrogens (tertiary/aromatic N) is 2. The van der Waals surface area contributed by atoms with Crippen LogP contribution in [0.5, 0.6) is 0 Å². The fourth-order valence-electron chi connectivity index (χ4n) is 4.63. The second-order valence-electron chi connectivity index (χ2n) is 9.77. The van der Waals surface area contributed by atoms with E-state index in [1.165, 1.54) is 35.2 Å². The average molecular weight is 693 g/mol. The van der Waals surface area contributed by atoms with E-state index in [1.807, 2.05) is 30.3 Å². The largest absolute Gasteiger partial charge is 0.355 e. The third-order valence-corrected chi connectivity index (χ3v) is 9.69. The fraction of sp³-hybridized carbons (Fsp3) is 0.188. The number of rotatable bonds is 12. The zero-order valence-electron chi connectivity index (χ0n) is 23.6. The quantitative estimate of drug-likeness (QED) is 0.169. The Bertz CT molecular complexity index is 1680. The van der Waals surface area contributed by atoms with Crippen LogP contribution in [0.1, 0.15) is 18.1 Å². The van der Waals surface area contributed by atoms with Crippen LogP contribution in [-0.4, -0.2) is 44.3 Å². The molecule has 4 rings (SSSR count). The Hall–Kier alpha value is -3.27. The van der Waals surface area contributed by atoms with Crippen LogP contribution in [-0.2, 0) is 32.6 Å². The highest BCUT2D eigenvalue weighted by molar-refractivity contribution is 7.92. The SMILES string of the molecule is CCNC(=O)C(Cc1ccccc1)N(Cc1c(Cl)cccc1Cl)C(=O)CN(c1cc(Cl)cc(Cl)c1)S(=O)(=O)c1ccccc1. The lowest BCUT2D eigenvalue weighted by atomic mass is 10.0. The molecule has 0 radical (unpaired) electrons. The minimum Gasteiger partial charge on any atom is -0.355 e. The number of carbonyl (C=O) groups is 2. The van der Waals surface area contributed by atoms with Gasteiger partial charge in [0.25, 0.3) is 10.0 Å². The number of sulfonamides is 1. The van der Waals surface area contributed by atoms with Crippen molar-refractivity contribution in [3.8, 4) is 0 Å². The van der Waals surface area contributed by atoms with Crippen molar-refractivity contribution >= 4 is 73.9 Å². The van der Waals surface area contributed by atoms with Crippen LogP contribution >= 0.6 is 46.4 Å². The highest BCUT2D eigenvalue weighted by atomic mass is 35.5. The van der Waals surface area contributed by atoms with Crippen LogP contribution in [0.4, 0.5) is 5.69 Å². The van der Waals surface area contributed by atoms with Crippen LogP contribution < -0.4 is 9.62 Å². The summed E-state index contributed by atoms with van der Waals surface area (Å²) in [5.41, 5.74) is 1.28. The number of carbonyl (C=O) groups excluding carboxylic acids is 2. The first-order valence-corrected chi connectivity index (χ1v) is 16.5. The lowest BCUT2D eigenvalue weighted by Crippen LogP contribution is -2.53. The molecule has 1 unspecified atom stereocenters. The Morgan fingerprint density at radius 3 is 1.93 bits per heavy atom. The third kappa shape index (κ3) is 8.25. The van der Waals surface area contributed by atoms with Gasteiger partial charge < -0.3 is 10.2 Å². The Balaban J connectivity index is 1.85. The van der Waals surface area contributed by atoms with Crippen LogP contribution in [0.25, 0.3) is 0 Å². The van der Waals surface area contributed by atoms with Gasteiger partial charge in [0.05, 0.1) is 10.6 Å². The fourth-order valence-corrected chi connectivity index (χ4v) is 7.08. The lowest BCUT2D eigenvalue weighted by Gasteiger charge is -2.34. The summed E-state index contributed by atoms with van der Waals surface area (Å²) in [6.07, 6.45) is 0.148. The minimum absolute atomic E-state index is 0.0471. The number of amides is 2. The molecule has 0 spiro atoms. The predicted molar refractivity (Wildman–Crippen MR) is 177 cm³/mol. The molecule has 7 nitrogen and oxygen atoms in total. The van der Waals surface area contributed by atoms with E-state index in [-0.39, 0.29) is 33.6 Å². The van der Waals surface area contributed by atoms with Crippen molar-refractivity contribution in [1.82, 2.24) is 10.2 Å². The first kappa shape index (κ1) is 33.6. The molecule has 2 amide bonds. The summed E-state index contributed by atoms with van der Waals surface area (Å²) in [7, 11) is -4.30. The Morgan fingerprint density at radius 1 is 0.795 bits per heavy atom. The smallest absolute Gasteiger partial charge is 0.264 e. The van der Waals surface area contributed by atoms with Gasteiger partial charge in [-0.15, -0.1) is 0 Å². The molecule has 4 aromatic carbocycles. The van der Waals surface area contributed by atoms with E-state index < -0.39 is 34.4 Å². The molecule has 0 bridgehead atoms. The summed E-state index contributed by atoms with van der Waals surface area (Å²) in [4.78, 5) is 29.3. The molecule has 0 heterocycles. The van der Waals surface area contributed by atoms with E-state index in [0.717, 1.165) is 9.87 Å². The standard InChI is InChI=1S/C32H29Cl4N3O4S/c1-2-37-32(41)30(16-22-10-5-3-6-11-22)38(20-27-28(35)14-9-15-29(27)36)31(40)21-39(25-18-23(33)17-24(34)19-25)44(42,43)26-12-7-4-8-13-26/h3-15,17-19,30H,2,16,20-21H2,1H3,(H,37,41). The number of anilines is 1. The molecule has 0 saturated carbocycles. The summed E-state index contributed by atoms with van der Waals surface area (Å²) in [6.45, 7) is 1.24. The molecule has 1 atom stereocenters. The van der Waals surface area contributed by atoms with Gasteiger partial charge in [0.15, 0.2) is 0 Å². The third-order valence-electron chi connectivity index (χ3n) is 6.76. The summed E-state index contributed by atoms with van der Waals surface area (Å²) in [6, 6.07) is 25.0. The van der Waals surface area contributed by atoms with E-state index in [4.69, 9.17) is 46.4 Å². The van der Waals surface area contributed by atoms with Gasteiger partial charge in [-0.25, -0.2) is 8.42 Å². The minimum atomic E-state index is -4.30.